The Morgan fingerprint density at radius 2 is 1.92 bits per heavy atom. The highest BCUT2D eigenvalue weighted by molar-refractivity contribution is 5.90. The Hall–Kier alpha value is -2.38. The van der Waals surface area contributed by atoms with E-state index in [1.165, 1.54) is 0 Å². The number of aromatic nitrogens is 3. The number of carbonyl (C=O) groups excluding carboxylic acids is 1. The smallest absolute Gasteiger partial charge is 0.291 e. The SMILES string of the molecule is O=C(c1ncccn1)N1CCC2(CC1)CC(OCc1ccccn1)CO2. The van der Waals surface area contributed by atoms with Gasteiger partial charge in [0.2, 0.25) is 5.82 Å². The molecule has 4 rings (SSSR count). The minimum Gasteiger partial charge on any atom is -0.372 e. The summed E-state index contributed by atoms with van der Waals surface area (Å²) in [7, 11) is 0. The number of amides is 1. The number of ether oxygens (including phenoxy) is 2. The molecule has 26 heavy (non-hydrogen) atoms. The van der Waals surface area contributed by atoms with E-state index in [1.807, 2.05) is 23.1 Å². The maximum Gasteiger partial charge on any atom is 0.291 e. The summed E-state index contributed by atoms with van der Waals surface area (Å²) in [5.41, 5.74) is 0.750. The van der Waals surface area contributed by atoms with Gasteiger partial charge < -0.3 is 14.4 Å². The van der Waals surface area contributed by atoms with Crippen molar-refractivity contribution in [3.8, 4) is 0 Å². The molecule has 7 nitrogen and oxygen atoms in total. The fourth-order valence-corrected chi connectivity index (χ4v) is 3.61. The molecule has 2 saturated heterocycles. The van der Waals surface area contributed by atoms with Crippen molar-refractivity contribution in [2.24, 2.45) is 0 Å². The average molecular weight is 354 g/mol. The van der Waals surface area contributed by atoms with Gasteiger partial charge in [-0.2, -0.15) is 0 Å². The molecular weight excluding hydrogens is 332 g/mol. The van der Waals surface area contributed by atoms with Crippen molar-refractivity contribution < 1.29 is 14.3 Å². The molecule has 0 aliphatic carbocycles. The minimum absolute atomic E-state index is 0.0803. The average Bonchev–Trinajstić information content (AvgIpc) is 3.10. The largest absolute Gasteiger partial charge is 0.372 e. The highest BCUT2D eigenvalue weighted by Crippen LogP contribution is 2.37. The molecule has 2 fully saturated rings. The quantitative estimate of drug-likeness (QED) is 0.834. The van der Waals surface area contributed by atoms with Gasteiger partial charge in [-0.3, -0.25) is 9.78 Å². The number of hydrogen-bond acceptors (Lipinski definition) is 6. The number of hydrogen-bond donors (Lipinski definition) is 0. The first-order valence-electron chi connectivity index (χ1n) is 8.96. The standard InChI is InChI=1S/C19H22N4O3/c24-18(17-21-8-3-9-22-17)23-10-5-19(6-11-23)12-16(14-26-19)25-13-15-4-1-2-7-20-15/h1-4,7-9,16H,5-6,10-14H2. The molecule has 0 saturated carbocycles. The Morgan fingerprint density at radius 1 is 1.15 bits per heavy atom. The lowest BCUT2D eigenvalue weighted by Gasteiger charge is -2.38. The highest BCUT2D eigenvalue weighted by Gasteiger charge is 2.44. The summed E-state index contributed by atoms with van der Waals surface area (Å²) in [5, 5.41) is 0. The van der Waals surface area contributed by atoms with Crippen LogP contribution in [0, 0.1) is 0 Å². The lowest BCUT2D eigenvalue weighted by Crippen LogP contribution is -2.47. The predicted molar refractivity (Wildman–Crippen MR) is 93.3 cm³/mol. The molecule has 1 unspecified atom stereocenters. The van der Waals surface area contributed by atoms with Crippen LogP contribution >= 0.6 is 0 Å². The zero-order chi connectivity index (χ0) is 17.8. The van der Waals surface area contributed by atoms with Gasteiger partial charge in [0.25, 0.3) is 5.91 Å². The van der Waals surface area contributed by atoms with Crippen molar-refractivity contribution in [1.82, 2.24) is 19.9 Å². The summed E-state index contributed by atoms with van der Waals surface area (Å²) in [5.74, 6) is 0.147. The topological polar surface area (TPSA) is 77.4 Å². The zero-order valence-corrected chi connectivity index (χ0v) is 14.6. The van der Waals surface area contributed by atoms with Crippen LogP contribution in [-0.2, 0) is 16.1 Å². The fourth-order valence-electron chi connectivity index (χ4n) is 3.61. The molecule has 0 N–H and O–H groups in total. The number of rotatable bonds is 4. The second-order valence-corrected chi connectivity index (χ2v) is 6.82. The van der Waals surface area contributed by atoms with Crippen molar-refractivity contribution >= 4 is 5.91 Å². The maximum atomic E-state index is 12.5. The molecule has 2 aromatic heterocycles. The molecule has 1 atom stereocenters. The third kappa shape index (κ3) is 3.73. The van der Waals surface area contributed by atoms with Gasteiger partial charge in [-0.05, 0) is 31.0 Å². The molecular formula is C19H22N4O3. The van der Waals surface area contributed by atoms with E-state index in [4.69, 9.17) is 9.47 Å². The van der Waals surface area contributed by atoms with E-state index in [9.17, 15) is 4.79 Å². The molecule has 7 heteroatoms. The van der Waals surface area contributed by atoms with Gasteiger partial charge in [-0.1, -0.05) is 6.07 Å². The van der Waals surface area contributed by atoms with Crippen LogP contribution in [0.4, 0.5) is 0 Å². The van der Waals surface area contributed by atoms with E-state index in [0.29, 0.717) is 26.3 Å². The van der Waals surface area contributed by atoms with Crippen molar-refractivity contribution in [1.29, 1.82) is 0 Å². The summed E-state index contributed by atoms with van der Waals surface area (Å²) in [4.78, 5) is 26.6. The first-order valence-corrected chi connectivity index (χ1v) is 8.96. The molecule has 136 valence electrons. The third-order valence-corrected chi connectivity index (χ3v) is 5.09. The van der Waals surface area contributed by atoms with E-state index in [1.54, 1.807) is 24.7 Å². The van der Waals surface area contributed by atoms with Crippen molar-refractivity contribution in [3.05, 3.63) is 54.4 Å². The van der Waals surface area contributed by atoms with Gasteiger partial charge in [0.05, 0.1) is 30.6 Å². The monoisotopic (exact) mass is 354 g/mol. The van der Waals surface area contributed by atoms with Gasteiger partial charge in [0.15, 0.2) is 0 Å². The van der Waals surface area contributed by atoms with E-state index >= 15 is 0 Å². The highest BCUT2D eigenvalue weighted by atomic mass is 16.6. The number of nitrogens with zero attached hydrogens (tertiary/aromatic N) is 4. The van der Waals surface area contributed by atoms with E-state index < -0.39 is 0 Å². The predicted octanol–water partition coefficient (Wildman–Crippen LogP) is 1.85. The van der Waals surface area contributed by atoms with Gasteiger partial charge >= 0.3 is 0 Å². The Labute approximate surface area is 152 Å². The molecule has 0 bridgehead atoms. The third-order valence-electron chi connectivity index (χ3n) is 5.09. The number of piperidine rings is 1. The molecule has 2 aliphatic rings. The molecule has 2 aliphatic heterocycles. The minimum atomic E-state index is -0.177. The lowest BCUT2D eigenvalue weighted by atomic mass is 9.88. The fraction of sp³-hybridized carbons (Fsp3) is 0.474. The Morgan fingerprint density at radius 3 is 2.65 bits per heavy atom. The molecule has 1 amide bonds. The Balaban J connectivity index is 1.28. The summed E-state index contributed by atoms with van der Waals surface area (Å²) in [6.07, 6.45) is 7.53. The summed E-state index contributed by atoms with van der Waals surface area (Å²) < 4.78 is 12.1. The molecule has 0 radical (unpaired) electrons. The molecule has 2 aromatic rings. The molecule has 1 spiro atoms. The second kappa shape index (κ2) is 7.47. The number of likely N-dealkylation sites (tertiary alicyclic amines) is 1. The summed E-state index contributed by atoms with van der Waals surface area (Å²) in [6, 6.07) is 7.52. The molecule has 0 aromatic carbocycles. The zero-order valence-electron chi connectivity index (χ0n) is 14.6. The first kappa shape index (κ1) is 17.1. The summed E-state index contributed by atoms with van der Waals surface area (Å²) >= 11 is 0. The van der Waals surface area contributed by atoms with Crippen molar-refractivity contribution in [2.45, 2.75) is 37.6 Å². The van der Waals surface area contributed by atoms with Crippen LogP contribution in [0.15, 0.2) is 42.9 Å². The Bertz CT molecular complexity index is 733. The van der Waals surface area contributed by atoms with E-state index in [2.05, 4.69) is 15.0 Å². The van der Waals surface area contributed by atoms with Crippen LogP contribution in [-0.4, -0.2) is 57.2 Å². The Kier molecular flexibility index (Phi) is 4.90. The van der Waals surface area contributed by atoms with Gasteiger partial charge in [-0.25, -0.2) is 9.97 Å². The maximum absolute atomic E-state index is 12.5. The molecule has 4 heterocycles. The van der Waals surface area contributed by atoms with Crippen LogP contribution in [0.2, 0.25) is 0 Å². The number of carbonyl (C=O) groups is 1. The van der Waals surface area contributed by atoms with Crippen LogP contribution < -0.4 is 0 Å². The normalized spacial score (nSPS) is 21.8. The van der Waals surface area contributed by atoms with Crippen molar-refractivity contribution in [2.75, 3.05) is 19.7 Å². The van der Waals surface area contributed by atoms with E-state index in [-0.39, 0.29) is 23.4 Å². The van der Waals surface area contributed by atoms with Crippen LogP contribution in [0.5, 0.6) is 0 Å². The second-order valence-electron chi connectivity index (χ2n) is 6.82. The van der Waals surface area contributed by atoms with Crippen LogP contribution in [0.3, 0.4) is 0 Å². The van der Waals surface area contributed by atoms with E-state index in [0.717, 1.165) is 25.0 Å². The first-order chi connectivity index (χ1) is 12.7. The van der Waals surface area contributed by atoms with Crippen molar-refractivity contribution in [3.63, 3.8) is 0 Å². The summed E-state index contributed by atoms with van der Waals surface area (Å²) in [6.45, 7) is 2.41. The van der Waals surface area contributed by atoms with Crippen LogP contribution in [0.1, 0.15) is 35.6 Å². The van der Waals surface area contributed by atoms with Crippen LogP contribution in [0.25, 0.3) is 0 Å². The lowest BCUT2D eigenvalue weighted by molar-refractivity contribution is -0.0414. The van der Waals surface area contributed by atoms with Gasteiger partial charge in [-0.15, -0.1) is 0 Å². The van der Waals surface area contributed by atoms with Gasteiger partial charge in [0.1, 0.15) is 0 Å². The number of pyridine rings is 1. The van der Waals surface area contributed by atoms with Gasteiger partial charge in [0, 0.05) is 38.1 Å².